The predicted octanol–water partition coefficient (Wildman–Crippen LogP) is 7.56. The van der Waals surface area contributed by atoms with Crippen molar-refractivity contribution in [1.82, 2.24) is 9.88 Å². The van der Waals surface area contributed by atoms with Crippen LogP contribution in [-0.4, -0.2) is 17.0 Å². The third-order valence-electron chi connectivity index (χ3n) is 7.00. The second kappa shape index (κ2) is 12.5. The molecule has 4 nitrogen and oxygen atoms in total. The first-order valence-electron chi connectivity index (χ1n) is 13.7. The van der Waals surface area contributed by atoms with Gasteiger partial charge in [-0.05, 0) is 46.4 Å². The molecule has 0 unspecified atom stereocenters. The highest BCUT2D eigenvalue weighted by Crippen LogP contribution is 2.36. The molecule has 0 aliphatic rings. The molecule has 0 spiro atoms. The smallest absolute Gasteiger partial charge is 0.220 e. The van der Waals surface area contributed by atoms with Crippen LogP contribution in [0.3, 0.4) is 0 Å². The first-order valence-corrected chi connectivity index (χ1v) is 13.7. The molecule has 1 atom stereocenters. The molecule has 1 N–H and O–H groups in total. The van der Waals surface area contributed by atoms with Gasteiger partial charge in [0.1, 0.15) is 12.4 Å². The van der Waals surface area contributed by atoms with E-state index in [4.69, 9.17) is 4.74 Å². The van der Waals surface area contributed by atoms with E-state index in [1.54, 1.807) is 0 Å². The van der Waals surface area contributed by atoms with Crippen molar-refractivity contribution in [3.63, 3.8) is 0 Å². The highest BCUT2D eigenvalue weighted by molar-refractivity contribution is 5.87. The molecule has 0 saturated carbocycles. The maximum absolute atomic E-state index is 13.2. The second-order valence-electron chi connectivity index (χ2n) is 10.5. The molecule has 0 radical (unpaired) electrons. The number of nitrogens with zero attached hydrogens (tertiary/aromatic N) is 1. The fraction of sp³-hybridized carbons (Fsp3) is 0.229. The fourth-order valence-electron chi connectivity index (χ4n) is 5.01. The van der Waals surface area contributed by atoms with E-state index in [1.165, 1.54) is 16.5 Å². The quantitative estimate of drug-likeness (QED) is 0.197. The van der Waals surface area contributed by atoms with Gasteiger partial charge in [-0.2, -0.15) is 0 Å². The minimum Gasteiger partial charge on any atom is -0.489 e. The number of carbonyl (C=O) groups is 1. The van der Waals surface area contributed by atoms with Crippen molar-refractivity contribution in [2.45, 2.75) is 39.3 Å². The number of rotatable bonds is 11. The molecule has 0 aliphatic heterocycles. The van der Waals surface area contributed by atoms with Crippen LogP contribution in [0.15, 0.2) is 115 Å². The van der Waals surface area contributed by atoms with Gasteiger partial charge in [-0.15, -0.1) is 0 Å². The van der Waals surface area contributed by atoms with Crippen molar-refractivity contribution in [2.24, 2.45) is 5.92 Å². The summed E-state index contributed by atoms with van der Waals surface area (Å²) in [6.45, 7) is 6.17. The minimum absolute atomic E-state index is 0.0594. The molecule has 0 bridgehead atoms. The number of amides is 1. The van der Waals surface area contributed by atoms with E-state index in [9.17, 15) is 4.79 Å². The zero-order valence-electron chi connectivity index (χ0n) is 22.7. The van der Waals surface area contributed by atoms with Crippen LogP contribution >= 0.6 is 0 Å². The van der Waals surface area contributed by atoms with Crippen molar-refractivity contribution in [3.05, 3.63) is 138 Å². The molecule has 1 aromatic heterocycles. The molecule has 39 heavy (non-hydrogen) atoms. The molecule has 0 saturated heterocycles. The lowest BCUT2D eigenvalue weighted by Crippen LogP contribution is -2.28. The summed E-state index contributed by atoms with van der Waals surface area (Å²) >= 11 is 0. The lowest BCUT2D eigenvalue weighted by molar-refractivity contribution is -0.121. The normalized spacial score (nSPS) is 12.0. The summed E-state index contributed by atoms with van der Waals surface area (Å²) in [7, 11) is 0. The number of para-hydroxylation sites is 1. The topological polar surface area (TPSA) is 43.3 Å². The zero-order chi connectivity index (χ0) is 27.0. The minimum atomic E-state index is -0.112. The summed E-state index contributed by atoms with van der Waals surface area (Å²) in [6, 6.07) is 37.4. The first kappa shape index (κ1) is 26.3. The number of nitrogens with one attached hydrogen (secondary N) is 1. The van der Waals surface area contributed by atoms with Crippen molar-refractivity contribution in [1.29, 1.82) is 0 Å². The molecule has 5 rings (SSSR count). The molecular formula is C35H36N2O2. The van der Waals surface area contributed by atoms with Crippen molar-refractivity contribution in [3.8, 4) is 5.75 Å². The third-order valence-corrected chi connectivity index (χ3v) is 7.00. The number of ether oxygens (including phenoxy) is 1. The fourth-order valence-corrected chi connectivity index (χ4v) is 5.01. The summed E-state index contributed by atoms with van der Waals surface area (Å²) in [5, 5.41) is 4.30. The summed E-state index contributed by atoms with van der Waals surface area (Å²) in [4.78, 5) is 13.2. The maximum atomic E-state index is 13.2. The van der Waals surface area contributed by atoms with Gasteiger partial charge in [0, 0.05) is 42.5 Å². The van der Waals surface area contributed by atoms with E-state index in [1.807, 2.05) is 36.4 Å². The average molecular weight is 517 g/mol. The van der Waals surface area contributed by atoms with Gasteiger partial charge in [-0.25, -0.2) is 0 Å². The Balaban J connectivity index is 1.50. The van der Waals surface area contributed by atoms with Gasteiger partial charge in [0.2, 0.25) is 5.91 Å². The number of carbonyl (C=O) groups excluding carboxylic acids is 1. The first-order chi connectivity index (χ1) is 19.1. The van der Waals surface area contributed by atoms with E-state index >= 15 is 0 Å². The molecule has 4 aromatic carbocycles. The number of fused-ring (bicyclic) bond motifs is 1. The number of aromatic nitrogens is 1. The lowest BCUT2D eigenvalue weighted by atomic mass is 9.88. The van der Waals surface area contributed by atoms with Crippen LogP contribution in [0.1, 0.15) is 48.4 Å². The van der Waals surface area contributed by atoms with Crippen LogP contribution in [-0.2, 0) is 17.9 Å². The van der Waals surface area contributed by atoms with E-state index < -0.39 is 0 Å². The number of hydrogen-bond acceptors (Lipinski definition) is 2. The van der Waals surface area contributed by atoms with E-state index in [0.29, 0.717) is 25.5 Å². The van der Waals surface area contributed by atoms with Crippen LogP contribution < -0.4 is 10.1 Å². The second-order valence-corrected chi connectivity index (χ2v) is 10.5. The van der Waals surface area contributed by atoms with Crippen LogP contribution in [0.25, 0.3) is 10.9 Å². The van der Waals surface area contributed by atoms with Gasteiger partial charge in [0.15, 0.2) is 0 Å². The van der Waals surface area contributed by atoms with E-state index in [2.05, 4.69) is 103 Å². The van der Waals surface area contributed by atoms with Gasteiger partial charge < -0.3 is 14.6 Å². The van der Waals surface area contributed by atoms with Gasteiger partial charge in [0.05, 0.1) is 0 Å². The SMILES string of the molecule is CC(C)CNC(=O)C[C@@H](c1cccc(OCc2ccccc2)c1)c1cn(Cc2ccccc2)c2ccccc12. The largest absolute Gasteiger partial charge is 0.489 e. The molecule has 198 valence electrons. The summed E-state index contributed by atoms with van der Waals surface area (Å²) < 4.78 is 8.47. The van der Waals surface area contributed by atoms with Crippen LogP contribution in [0, 0.1) is 5.92 Å². The lowest BCUT2D eigenvalue weighted by Gasteiger charge is -2.19. The van der Waals surface area contributed by atoms with E-state index in [-0.39, 0.29) is 11.8 Å². The summed E-state index contributed by atoms with van der Waals surface area (Å²) in [5.41, 5.74) is 5.76. The van der Waals surface area contributed by atoms with Crippen molar-refractivity contribution < 1.29 is 9.53 Å². The predicted molar refractivity (Wildman–Crippen MR) is 159 cm³/mol. The maximum Gasteiger partial charge on any atom is 0.220 e. The Morgan fingerprint density at radius 2 is 1.51 bits per heavy atom. The monoisotopic (exact) mass is 516 g/mol. The Morgan fingerprint density at radius 1 is 0.821 bits per heavy atom. The van der Waals surface area contributed by atoms with Gasteiger partial charge in [-0.1, -0.05) is 105 Å². The highest BCUT2D eigenvalue weighted by Gasteiger charge is 2.23. The van der Waals surface area contributed by atoms with E-state index in [0.717, 1.165) is 29.0 Å². The molecule has 1 amide bonds. The Labute approximate surface area is 231 Å². The molecule has 5 aromatic rings. The standard InChI is InChI=1S/C35H36N2O2/c1-26(2)22-36-35(38)21-32(29-16-11-17-30(20-29)39-25-28-14-7-4-8-15-28)33-24-37(23-27-12-5-3-6-13-27)34-19-10-9-18-31(33)34/h3-20,24,26,32H,21-23,25H2,1-2H3,(H,36,38)/t32-/m0/s1. The van der Waals surface area contributed by atoms with Gasteiger partial charge >= 0.3 is 0 Å². The average Bonchev–Trinajstić information content (AvgIpc) is 3.33. The van der Waals surface area contributed by atoms with Gasteiger partial charge in [0.25, 0.3) is 0 Å². The van der Waals surface area contributed by atoms with Crippen LogP contribution in [0.2, 0.25) is 0 Å². The molecule has 1 heterocycles. The van der Waals surface area contributed by atoms with Crippen LogP contribution in [0.4, 0.5) is 0 Å². The third kappa shape index (κ3) is 6.77. The summed E-state index contributed by atoms with van der Waals surface area (Å²) in [6.07, 6.45) is 2.60. The van der Waals surface area contributed by atoms with Crippen LogP contribution in [0.5, 0.6) is 5.75 Å². The molecular weight excluding hydrogens is 480 g/mol. The molecule has 0 aliphatic carbocycles. The zero-order valence-corrected chi connectivity index (χ0v) is 22.7. The summed E-state index contributed by atoms with van der Waals surface area (Å²) in [5.74, 6) is 1.15. The van der Waals surface area contributed by atoms with Crippen molar-refractivity contribution >= 4 is 16.8 Å². The Bertz CT molecular complexity index is 1510. The molecule has 0 fully saturated rings. The molecule has 4 heteroatoms. The van der Waals surface area contributed by atoms with Crippen molar-refractivity contribution in [2.75, 3.05) is 6.54 Å². The Hall–Kier alpha value is -4.31. The number of benzene rings is 4. The highest BCUT2D eigenvalue weighted by atomic mass is 16.5. The van der Waals surface area contributed by atoms with Gasteiger partial charge in [-0.3, -0.25) is 4.79 Å². The Kier molecular flexibility index (Phi) is 8.42. The Morgan fingerprint density at radius 3 is 2.26 bits per heavy atom. The number of hydrogen-bond donors (Lipinski definition) is 1.